The number of hydrogen-bond acceptors (Lipinski definition) is 6. The highest BCUT2D eigenvalue weighted by atomic mass is 16.5. The van der Waals surface area contributed by atoms with Crippen LogP contribution in [0.3, 0.4) is 0 Å². The average molecular weight is 507 g/mol. The van der Waals surface area contributed by atoms with Crippen molar-refractivity contribution in [3.63, 3.8) is 0 Å². The molecule has 0 aliphatic carbocycles. The Balaban J connectivity index is 1.20. The molecule has 0 saturated heterocycles. The van der Waals surface area contributed by atoms with Crippen LogP contribution in [-0.4, -0.2) is 30.1 Å². The number of fused-ring (bicyclic) bond motifs is 2. The molecule has 2 aliphatic heterocycles. The largest absolute Gasteiger partial charge is 0.507 e. The Morgan fingerprint density at radius 1 is 0.947 bits per heavy atom. The molecule has 2 aliphatic rings. The van der Waals surface area contributed by atoms with Gasteiger partial charge in [0.05, 0.1) is 25.2 Å². The fourth-order valence-electron chi connectivity index (χ4n) is 5.14. The van der Waals surface area contributed by atoms with Crippen LogP contribution in [0.15, 0.2) is 84.9 Å². The molecule has 0 saturated carbocycles. The van der Waals surface area contributed by atoms with Crippen LogP contribution in [0.5, 0.6) is 23.0 Å². The first-order valence-corrected chi connectivity index (χ1v) is 12.7. The summed E-state index contributed by atoms with van der Waals surface area (Å²) in [7, 11) is 0. The molecule has 0 spiro atoms. The van der Waals surface area contributed by atoms with E-state index in [-0.39, 0.29) is 35.2 Å². The van der Waals surface area contributed by atoms with Crippen molar-refractivity contribution in [3.8, 4) is 23.0 Å². The quantitative estimate of drug-likeness (QED) is 0.199. The second kappa shape index (κ2) is 10.1. The molecule has 4 aromatic carbocycles. The first-order chi connectivity index (χ1) is 18.6. The van der Waals surface area contributed by atoms with Crippen molar-refractivity contribution in [2.75, 3.05) is 13.2 Å². The first-order valence-electron chi connectivity index (χ1n) is 12.7. The Bertz CT molecular complexity index is 1510. The predicted octanol–water partition coefficient (Wildman–Crippen LogP) is 5.62. The van der Waals surface area contributed by atoms with E-state index in [1.165, 1.54) is 17.2 Å². The highest BCUT2D eigenvalue weighted by Crippen LogP contribution is 2.45. The van der Waals surface area contributed by atoms with Gasteiger partial charge in [0.15, 0.2) is 5.78 Å². The topological polar surface area (TPSA) is 82.1 Å². The molecule has 1 atom stereocenters. The van der Waals surface area contributed by atoms with Crippen molar-refractivity contribution < 1.29 is 28.9 Å². The zero-order chi connectivity index (χ0) is 26.1. The summed E-state index contributed by atoms with van der Waals surface area (Å²) < 4.78 is 16.9. The SMILES string of the molecule is O=C1C[C@@H](c2ccc(OCCc3ccc4c(c3)CCO4)cc2)c2c(ccc(C(=O)c3ccccc3)c2O)O1. The third kappa shape index (κ3) is 4.61. The van der Waals surface area contributed by atoms with Gasteiger partial charge in [0.1, 0.15) is 23.0 Å². The van der Waals surface area contributed by atoms with E-state index in [2.05, 4.69) is 12.1 Å². The van der Waals surface area contributed by atoms with E-state index in [1.54, 1.807) is 30.3 Å². The molecule has 0 radical (unpaired) electrons. The zero-order valence-electron chi connectivity index (χ0n) is 20.7. The number of benzene rings is 4. The number of ether oxygens (including phenoxy) is 3. The van der Waals surface area contributed by atoms with Crippen LogP contribution < -0.4 is 14.2 Å². The lowest BCUT2D eigenvalue weighted by Crippen LogP contribution is -2.22. The number of ketones is 1. The molecule has 2 heterocycles. The highest BCUT2D eigenvalue weighted by molar-refractivity contribution is 6.11. The van der Waals surface area contributed by atoms with Gasteiger partial charge in [0, 0.05) is 29.9 Å². The summed E-state index contributed by atoms with van der Waals surface area (Å²) in [5.74, 6) is 0.681. The van der Waals surface area contributed by atoms with E-state index in [4.69, 9.17) is 14.2 Å². The molecular weight excluding hydrogens is 480 g/mol. The van der Waals surface area contributed by atoms with Crippen LogP contribution in [0.25, 0.3) is 0 Å². The van der Waals surface area contributed by atoms with Crippen LogP contribution in [-0.2, 0) is 17.6 Å². The van der Waals surface area contributed by atoms with Crippen LogP contribution in [0.2, 0.25) is 0 Å². The molecule has 4 aromatic rings. The molecule has 0 aromatic heterocycles. The van der Waals surface area contributed by atoms with Crippen molar-refractivity contribution >= 4 is 11.8 Å². The molecule has 190 valence electrons. The molecule has 0 fully saturated rings. The van der Waals surface area contributed by atoms with Crippen LogP contribution in [0, 0.1) is 0 Å². The van der Waals surface area contributed by atoms with Gasteiger partial charge in [0.25, 0.3) is 0 Å². The summed E-state index contributed by atoms with van der Waals surface area (Å²) in [5, 5.41) is 11.2. The highest BCUT2D eigenvalue weighted by Gasteiger charge is 2.33. The molecule has 0 bridgehead atoms. The van der Waals surface area contributed by atoms with Gasteiger partial charge >= 0.3 is 5.97 Å². The van der Waals surface area contributed by atoms with E-state index in [0.717, 1.165) is 30.8 Å². The number of phenolic OH excluding ortho intramolecular Hbond substituents is 1. The number of carbonyl (C=O) groups is 2. The minimum atomic E-state index is -0.447. The van der Waals surface area contributed by atoms with Crippen molar-refractivity contribution in [3.05, 3.63) is 118 Å². The maximum Gasteiger partial charge on any atom is 0.312 e. The van der Waals surface area contributed by atoms with Gasteiger partial charge in [-0.25, -0.2) is 0 Å². The number of esters is 1. The Morgan fingerprint density at radius 3 is 2.55 bits per heavy atom. The van der Waals surface area contributed by atoms with Crippen molar-refractivity contribution in [2.45, 2.75) is 25.2 Å². The Labute approximate surface area is 220 Å². The van der Waals surface area contributed by atoms with Gasteiger partial charge in [-0.05, 0) is 47.0 Å². The third-order valence-electron chi connectivity index (χ3n) is 7.10. The summed E-state index contributed by atoms with van der Waals surface area (Å²) in [4.78, 5) is 25.4. The summed E-state index contributed by atoms with van der Waals surface area (Å²) in [6, 6.07) is 25.6. The normalized spacial score (nSPS) is 15.7. The van der Waals surface area contributed by atoms with E-state index in [0.29, 0.717) is 23.5 Å². The molecule has 6 heteroatoms. The molecule has 0 unspecified atom stereocenters. The van der Waals surface area contributed by atoms with Gasteiger partial charge < -0.3 is 19.3 Å². The lowest BCUT2D eigenvalue weighted by molar-refractivity contribution is -0.135. The minimum absolute atomic E-state index is 0.0613. The van der Waals surface area contributed by atoms with E-state index >= 15 is 0 Å². The van der Waals surface area contributed by atoms with E-state index in [9.17, 15) is 14.7 Å². The number of phenols is 1. The van der Waals surface area contributed by atoms with Gasteiger partial charge in [-0.15, -0.1) is 0 Å². The number of aromatic hydroxyl groups is 1. The Hall–Kier alpha value is -4.58. The van der Waals surface area contributed by atoms with E-state index < -0.39 is 5.92 Å². The summed E-state index contributed by atoms with van der Waals surface area (Å²) in [5.41, 5.74) is 4.38. The fraction of sp³-hybridized carbons (Fsp3) is 0.188. The minimum Gasteiger partial charge on any atom is -0.507 e. The summed E-state index contributed by atoms with van der Waals surface area (Å²) >= 11 is 0. The second-order valence-corrected chi connectivity index (χ2v) is 9.51. The van der Waals surface area contributed by atoms with Gasteiger partial charge in [-0.1, -0.05) is 54.6 Å². The Kier molecular flexibility index (Phi) is 6.30. The third-order valence-corrected chi connectivity index (χ3v) is 7.10. The monoisotopic (exact) mass is 506 g/mol. The smallest absolute Gasteiger partial charge is 0.312 e. The van der Waals surface area contributed by atoms with Crippen molar-refractivity contribution in [1.29, 1.82) is 0 Å². The molecular formula is C32H26O6. The maximum atomic E-state index is 13.1. The Morgan fingerprint density at radius 2 is 1.74 bits per heavy atom. The predicted molar refractivity (Wildman–Crippen MR) is 141 cm³/mol. The van der Waals surface area contributed by atoms with Crippen LogP contribution in [0.1, 0.15) is 50.5 Å². The zero-order valence-corrected chi connectivity index (χ0v) is 20.7. The number of rotatable bonds is 7. The average Bonchev–Trinajstić information content (AvgIpc) is 3.41. The molecule has 0 amide bonds. The molecule has 6 nitrogen and oxygen atoms in total. The van der Waals surface area contributed by atoms with Gasteiger partial charge in [0.2, 0.25) is 0 Å². The number of hydrogen-bond donors (Lipinski definition) is 1. The molecule has 1 N–H and O–H groups in total. The van der Waals surface area contributed by atoms with Crippen LogP contribution >= 0.6 is 0 Å². The van der Waals surface area contributed by atoms with Crippen molar-refractivity contribution in [1.82, 2.24) is 0 Å². The fourth-order valence-corrected chi connectivity index (χ4v) is 5.14. The maximum absolute atomic E-state index is 13.1. The molecule has 38 heavy (non-hydrogen) atoms. The summed E-state index contributed by atoms with van der Waals surface area (Å²) in [6.45, 7) is 1.27. The lowest BCUT2D eigenvalue weighted by atomic mass is 9.84. The van der Waals surface area contributed by atoms with E-state index in [1.807, 2.05) is 36.4 Å². The second-order valence-electron chi connectivity index (χ2n) is 9.51. The van der Waals surface area contributed by atoms with Crippen molar-refractivity contribution in [2.24, 2.45) is 0 Å². The van der Waals surface area contributed by atoms with Crippen LogP contribution in [0.4, 0.5) is 0 Å². The summed E-state index contributed by atoms with van der Waals surface area (Å²) in [6.07, 6.45) is 1.79. The molecule has 6 rings (SSSR count). The van der Waals surface area contributed by atoms with Gasteiger partial charge in [-0.3, -0.25) is 9.59 Å². The number of carbonyl (C=O) groups excluding carboxylic acids is 2. The lowest BCUT2D eigenvalue weighted by Gasteiger charge is -2.26. The standard InChI is InChI=1S/C32H26O6/c33-29-19-26(30-28(38-29)13-11-25(32(30)35)31(34)22-4-2-1-3-5-22)21-7-9-24(10-8-21)36-16-14-20-6-12-27-23(18-20)15-17-37-27/h1-13,18,26,35H,14-17,19H2/t26-/m0/s1. The first kappa shape index (κ1) is 23.8. The van der Waals surface area contributed by atoms with Gasteiger partial charge in [-0.2, -0.15) is 0 Å².